The molecule has 4 N–H and O–H groups in total. The third kappa shape index (κ3) is 19600. The lowest BCUT2D eigenvalue weighted by Crippen LogP contribution is -1.81. The predicted octanol–water partition coefficient (Wildman–Crippen LogP) is 6.46. The highest BCUT2D eigenvalue weighted by atomic mass is 16.6. The topological polar surface area (TPSA) is 115 Å². The van der Waals surface area contributed by atoms with E-state index in [-0.39, 0.29) is 7.43 Å². The number of hydrogen-bond acceptors (Lipinski definition) is 2. The van der Waals surface area contributed by atoms with Gasteiger partial charge in [-0.3, -0.25) is 0 Å². The molecule has 0 fully saturated rings. The Hall–Kier alpha value is -1.46. The van der Waals surface area contributed by atoms with Crippen molar-refractivity contribution in [1.29, 1.82) is 0 Å². The molecule has 0 unspecified atom stereocenters. The molecule has 0 spiro atoms. The van der Waals surface area contributed by atoms with Crippen LogP contribution in [0.2, 0.25) is 0 Å². The van der Waals surface area contributed by atoms with E-state index in [1.807, 2.05) is 0 Å². The van der Waals surface area contributed by atoms with Crippen LogP contribution in [-0.4, -0.2) is 32.7 Å². The monoisotopic (exact) mass is 328 g/mol. The molecule has 0 aliphatic heterocycles. The minimum atomic E-state index is -1.83. The molecule has 0 bridgehead atoms. The summed E-state index contributed by atoms with van der Waals surface area (Å²) in [4.78, 5) is 17.1. The minimum absolute atomic E-state index is 0. The summed E-state index contributed by atoms with van der Waals surface area (Å²) in [6.45, 7) is 19.6. The van der Waals surface area contributed by atoms with E-state index in [2.05, 4.69) is 62.3 Å². The van der Waals surface area contributed by atoms with E-state index in [1.165, 1.54) is 6.42 Å². The highest BCUT2D eigenvalue weighted by Crippen LogP contribution is 1.93. The van der Waals surface area contributed by atoms with Crippen LogP contribution in [0.25, 0.3) is 0 Å². The first-order chi connectivity index (χ1) is 9.20. The van der Waals surface area contributed by atoms with Crippen molar-refractivity contribution in [3.8, 4) is 0 Å². The zero-order chi connectivity index (χ0) is 18.6. The van der Waals surface area contributed by atoms with E-state index in [0.29, 0.717) is 0 Å². The summed E-state index contributed by atoms with van der Waals surface area (Å²) in [6.07, 6.45) is -2.36. The Bertz CT molecular complexity index is 169. The SMILES string of the molecule is C.CC(C)C.CC(C)C.CCC(C)C.O=C(O)O.O=C(O)O. The first-order valence-corrected chi connectivity index (χ1v) is 7.04. The van der Waals surface area contributed by atoms with Crippen LogP contribution in [0.1, 0.15) is 76.2 Å². The van der Waals surface area contributed by atoms with Crippen LogP contribution in [-0.2, 0) is 0 Å². The van der Waals surface area contributed by atoms with Gasteiger partial charge >= 0.3 is 12.3 Å². The Labute approximate surface area is 137 Å². The molecule has 0 heterocycles. The maximum absolute atomic E-state index is 8.56. The van der Waals surface area contributed by atoms with E-state index in [0.717, 1.165) is 17.8 Å². The average molecular weight is 328 g/mol. The fourth-order valence-corrected chi connectivity index (χ4v) is 0. The molecular weight excluding hydrogens is 288 g/mol. The molecule has 0 rings (SSSR count). The lowest BCUT2D eigenvalue weighted by atomic mass is 10.2. The summed E-state index contributed by atoms with van der Waals surface area (Å²) in [5, 5.41) is 27.9. The average Bonchev–Trinajstić information content (AvgIpc) is 2.13. The summed E-state index contributed by atoms with van der Waals surface area (Å²) in [5.74, 6) is 2.55. The van der Waals surface area contributed by atoms with Gasteiger partial charge in [0, 0.05) is 0 Å². The van der Waals surface area contributed by atoms with Crippen LogP contribution >= 0.6 is 0 Å². The Morgan fingerprint density at radius 1 is 0.682 bits per heavy atom. The second-order valence-corrected chi connectivity index (χ2v) is 5.83. The maximum atomic E-state index is 8.56. The molecule has 0 aromatic rings. The van der Waals surface area contributed by atoms with Gasteiger partial charge in [-0.2, -0.15) is 0 Å². The number of rotatable bonds is 1. The maximum Gasteiger partial charge on any atom is 0.503 e. The Morgan fingerprint density at radius 3 is 0.727 bits per heavy atom. The van der Waals surface area contributed by atoms with Gasteiger partial charge in [0.05, 0.1) is 0 Å². The van der Waals surface area contributed by atoms with Crippen molar-refractivity contribution in [1.82, 2.24) is 0 Å². The molecule has 0 aliphatic carbocycles. The first-order valence-electron chi connectivity index (χ1n) is 7.04. The number of carbonyl (C=O) groups is 2. The van der Waals surface area contributed by atoms with E-state index in [4.69, 9.17) is 30.0 Å². The van der Waals surface area contributed by atoms with E-state index in [9.17, 15) is 0 Å². The third-order valence-electron chi connectivity index (χ3n) is 0.816. The van der Waals surface area contributed by atoms with Gasteiger partial charge in [-0.15, -0.1) is 0 Å². The molecule has 140 valence electrons. The lowest BCUT2D eigenvalue weighted by molar-refractivity contribution is 0.135. The van der Waals surface area contributed by atoms with Gasteiger partial charge < -0.3 is 20.4 Å². The molecule has 0 amide bonds. The quantitative estimate of drug-likeness (QED) is 0.439. The highest BCUT2D eigenvalue weighted by molar-refractivity contribution is 5.53. The predicted molar refractivity (Wildman–Crippen MR) is 94.2 cm³/mol. The van der Waals surface area contributed by atoms with Gasteiger partial charge in [0.25, 0.3) is 0 Å². The third-order valence-corrected chi connectivity index (χ3v) is 0.816. The fraction of sp³-hybridized carbons (Fsp3) is 0.875. The van der Waals surface area contributed by atoms with Gasteiger partial charge in [0.1, 0.15) is 0 Å². The summed E-state index contributed by atoms with van der Waals surface area (Å²) in [6, 6.07) is 0. The molecule has 22 heavy (non-hydrogen) atoms. The number of hydrogen-bond donors (Lipinski definition) is 4. The van der Waals surface area contributed by atoms with Gasteiger partial charge in [0.15, 0.2) is 0 Å². The molecule has 0 saturated carbocycles. The Balaban J connectivity index is -0.0000000361. The summed E-state index contributed by atoms with van der Waals surface area (Å²) in [7, 11) is 0. The largest absolute Gasteiger partial charge is 0.503 e. The van der Waals surface area contributed by atoms with Crippen molar-refractivity contribution in [2.75, 3.05) is 0 Å². The molecule has 6 heteroatoms. The van der Waals surface area contributed by atoms with Gasteiger partial charge in [-0.1, -0.05) is 76.2 Å². The summed E-state index contributed by atoms with van der Waals surface area (Å²) >= 11 is 0. The van der Waals surface area contributed by atoms with Crippen molar-refractivity contribution in [3.63, 3.8) is 0 Å². The molecule has 0 radical (unpaired) electrons. The first kappa shape index (κ1) is 37.1. The molecule has 0 atom stereocenters. The number of carboxylic acid groups (broad SMARTS) is 4. The molecule has 0 aromatic heterocycles. The zero-order valence-corrected chi connectivity index (χ0v) is 15.0. The standard InChI is InChI=1S/C5H12.2C4H10.2CH2O3.CH4/c1-4-5(2)3;2*1-4(2)3;2*2-1(3)4;/h5H,4H2,1-3H3;2*4H,1-3H3;2*(H2,2,3,4);1H4. The highest BCUT2D eigenvalue weighted by Gasteiger charge is 1.80. The van der Waals surface area contributed by atoms with Crippen molar-refractivity contribution in [2.24, 2.45) is 17.8 Å². The lowest BCUT2D eigenvalue weighted by Gasteiger charge is -1.90. The Kier molecular flexibility index (Phi) is 53.6. The zero-order valence-electron chi connectivity index (χ0n) is 15.0. The van der Waals surface area contributed by atoms with Crippen LogP contribution in [0, 0.1) is 17.8 Å². The molecule has 0 aliphatic rings. The van der Waals surface area contributed by atoms with Crippen LogP contribution in [0.4, 0.5) is 9.59 Å². The van der Waals surface area contributed by atoms with E-state index in [1.54, 1.807) is 0 Å². The smallest absolute Gasteiger partial charge is 0.450 e. The van der Waals surface area contributed by atoms with Crippen molar-refractivity contribution >= 4 is 12.3 Å². The van der Waals surface area contributed by atoms with E-state index >= 15 is 0 Å². The normalized spacial score (nSPS) is 7.64. The van der Waals surface area contributed by atoms with Gasteiger partial charge in [-0.25, -0.2) is 9.59 Å². The Morgan fingerprint density at radius 2 is 0.727 bits per heavy atom. The minimum Gasteiger partial charge on any atom is -0.450 e. The molecular formula is C16H40O6. The molecule has 0 aromatic carbocycles. The molecule has 0 saturated heterocycles. The van der Waals surface area contributed by atoms with Gasteiger partial charge in [-0.05, 0) is 17.8 Å². The van der Waals surface area contributed by atoms with Gasteiger partial charge in [0.2, 0.25) is 0 Å². The van der Waals surface area contributed by atoms with Crippen molar-refractivity contribution in [2.45, 2.75) is 76.2 Å². The van der Waals surface area contributed by atoms with Crippen LogP contribution in [0.3, 0.4) is 0 Å². The second kappa shape index (κ2) is 31.8. The molecule has 6 nitrogen and oxygen atoms in total. The summed E-state index contributed by atoms with van der Waals surface area (Å²) < 4.78 is 0. The van der Waals surface area contributed by atoms with Crippen LogP contribution < -0.4 is 0 Å². The van der Waals surface area contributed by atoms with E-state index < -0.39 is 12.3 Å². The second-order valence-electron chi connectivity index (χ2n) is 5.83. The summed E-state index contributed by atoms with van der Waals surface area (Å²) in [5.41, 5.74) is 0. The fourth-order valence-electron chi connectivity index (χ4n) is 0. The van der Waals surface area contributed by atoms with Crippen LogP contribution in [0.5, 0.6) is 0 Å². The van der Waals surface area contributed by atoms with Crippen molar-refractivity contribution in [3.05, 3.63) is 0 Å². The van der Waals surface area contributed by atoms with Crippen LogP contribution in [0.15, 0.2) is 0 Å². The van der Waals surface area contributed by atoms with Crippen molar-refractivity contribution < 1.29 is 30.0 Å².